The number of pyridine rings is 1. The van der Waals surface area contributed by atoms with E-state index in [4.69, 9.17) is 25.5 Å². The number of aliphatic hydroxyl groups is 1. The number of para-hydroxylation sites is 1. The number of hydrogen-bond acceptors (Lipinski definition) is 9. The highest BCUT2D eigenvalue weighted by Gasteiger charge is 2.38. The van der Waals surface area contributed by atoms with E-state index in [0.717, 1.165) is 5.39 Å². The normalized spacial score (nSPS) is 16.7. The number of rotatable bonds is 13. The van der Waals surface area contributed by atoms with E-state index in [9.17, 15) is 24.3 Å². The van der Waals surface area contributed by atoms with Gasteiger partial charge in [-0.15, -0.1) is 0 Å². The average Bonchev–Trinajstić information content (AvgIpc) is 3.58. The molecule has 0 radical (unpaired) electrons. The molecule has 3 heterocycles. The maximum Gasteiger partial charge on any atom is 0.305 e. The first-order valence-corrected chi connectivity index (χ1v) is 15.2. The van der Waals surface area contributed by atoms with Crippen LogP contribution in [0.15, 0.2) is 24.3 Å². The van der Waals surface area contributed by atoms with Crippen LogP contribution in [0.1, 0.15) is 59.7 Å². The van der Waals surface area contributed by atoms with Crippen LogP contribution in [0.25, 0.3) is 21.9 Å². The summed E-state index contributed by atoms with van der Waals surface area (Å²) in [5, 5.41) is 26.2. The zero-order chi connectivity index (χ0) is 33.1. The molecule has 45 heavy (non-hydrogen) atoms. The molecule has 0 bridgehead atoms. The lowest BCUT2D eigenvalue weighted by atomic mass is 10.0. The molecule has 244 valence electrons. The number of fused-ring (bicyclic) bond motifs is 3. The largest absolute Gasteiger partial charge is 0.481 e. The number of nitrogens with two attached hydrogens (primary N) is 1. The highest BCUT2D eigenvalue weighted by atomic mass is 16.5. The van der Waals surface area contributed by atoms with Gasteiger partial charge in [-0.2, -0.15) is 0 Å². The summed E-state index contributed by atoms with van der Waals surface area (Å²) in [5.74, 6) is -2.47. The van der Waals surface area contributed by atoms with Crippen LogP contribution in [-0.2, 0) is 37.1 Å². The predicted octanol–water partition coefficient (Wildman–Crippen LogP) is 1.76. The Morgan fingerprint density at radius 2 is 1.89 bits per heavy atom. The Hall–Kier alpha value is -4.14. The van der Waals surface area contributed by atoms with Gasteiger partial charge < -0.3 is 40.8 Å². The number of aliphatic carboxylic acids is 1. The molecule has 1 unspecified atom stereocenters. The van der Waals surface area contributed by atoms with E-state index in [1.165, 1.54) is 4.90 Å². The average molecular weight is 626 g/mol. The minimum atomic E-state index is -1.27. The molecule has 0 spiro atoms. The topological polar surface area (TPSA) is 202 Å². The van der Waals surface area contributed by atoms with Gasteiger partial charge >= 0.3 is 5.97 Å². The van der Waals surface area contributed by atoms with Gasteiger partial charge in [-0.3, -0.25) is 19.2 Å². The lowest BCUT2D eigenvalue weighted by Crippen LogP contribution is -2.55. The quantitative estimate of drug-likeness (QED) is 0.186. The number of hydrogen-bond donors (Lipinski definition) is 5. The van der Waals surface area contributed by atoms with E-state index in [2.05, 4.69) is 10.6 Å². The molecular formula is C31H43N7O7. The second-order valence-corrected chi connectivity index (χ2v) is 12.4. The van der Waals surface area contributed by atoms with Crippen LogP contribution in [-0.4, -0.2) is 90.2 Å². The zero-order valence-corrected chi connectivity index (χ0v) is 26.4. The molecule has 2 aromatic heterocycles. The van der Waals surface area contributed by atoms with E-state index in [1.54, 1.807) is 27.7 Å². The molecule has 3 atom stereocenters. The molecule has 0 aliphatic carbocycles. The van der Waals surface area contributed by atoms with Crippen molar-refractivity contribution in [1.29, 1.82) is 0 Å². The van der Waals surface area contributed by atoms with Gasteiger partial charge in [0.2, 0.25) is 17.7 Å². The van der Waals surface area contributed by atoms with Crippen LogP contribution in [0.5, 0.6) is 0 Å². The molecule has 3 amide bonds. The number of amides is 3. The van der Waals surface area contributed by atoms with E-state index >= 15 is 0 Å². The molecule has 1 aromatic carbocycles. The maximum absolute atomic E-state index is 13.8. The Morgan fingerprint density at radius 3 is 2.53 bits per heavy atom. The minimum Gasteiger partial charge on any atom is -0.481 e. The molecule has 3 aromatic rings. The Bertz CT molecular complexity index is 1580. The minimum absolute atomic E-state index is 0.181. The molecule has 14 nitrogen and oxygen atoms in total. The molecule has 1 saturated heterocycles. The number of anilines is 1. The van der Waals surface area contributed by atoms with Gasteiger partial charge in [0.25, 0.3) is 0 Å². The van der Waals surface area contributed by atoms with Crippen molar-refractivity contribution in [3.63, 3.8) is 0 Å². The van der Waals surface area contributed by atoms with Crippen LogP contribution in [0.4, 0.5) is 5.82 Å². The number of nitrogens with zero attached hydrogens (tertiary/aromatic N) is 4. The maximum atomic E-state index is 13.8. The second kappa shape index (κ2) is 13.9. The van der Waals surface area contributed by atoms with Crippen molar-refractivity contribution >= 4 is 51.4 Å². The first-order chi connectivity index (χ1) is 21.2. The van der Waals surface area contributed by atoms with Crippen molar-refractivity contribution in [3.05, 3.63) is 30.1 Å². The number of carbonyl (C=O) groups is 4. The first kappa shape index (κ1) is 33.7. The molecule has 4 rings (SSSR count). The summed E-state index contributed by atoms with van der Waals surface area (Å²) in [6.07, 6.45) is 0.349. The number of likely N-dealkylation sites (tertiary alicyclic amines) is 1. The van der Waals surface area contributed by atoms with Crippen LogP contribution in [0.2, 0.25) is 0 Å². The molecule has 1 aliphatic rings. The van der Waals surface area contributed by atoms with Crippen molar-refractivity contribution in [1.82, 2.24) is 24.8 Å². The molecule has 6 N–H and O–H groups in total. The molecular weight excluding hydrogens is 582 g/mol. The number of imidazole rings is 1. The highest BCUT2D eigenvalue weighted by Crippen LogP contribution is 2.32. The van der Waals surface area contributed by atoms with Crippen molar-refractivity contribution in [2.75, 3.05) is 18.5 Å². The lowest BCUT2D eigenvalue weighted by Gasteiger charge is -2.29. The van der Waals surface area contributed by atoms with Gasteiger partial charge in [0.15, 0.2) is 5.82 Å². The third-order valence-electron chi connectivity index (χ3n) is 7.68. The third kappa shape index (κ3) is 7.75. The summed E-state index contributed by atoms with van der Waals surface area (Å²) in [5.41, 5.74) is 6.41. The van der Waals surface area contributed by atoms with E-state index in [0.29, 0.717) is 41.8 Å². The zero-order valence-electron chi connectivity index (χ0n) is 26.4. The third-order valence-corrected chi connectivity index (χ3v) is 7.68. The fraction of sp³-hybridized carbons (Fsp3) is 0.548. The first-order valence-electron chi connectivity index (χ1n) is 15.2. The number of nitrogens with one attached hydrogen (secondary N) is 2. The van der Waals surface area contributed by atoms with Crippen LogP contribution < -0.4 is 16.4 Å². The van der Waals surface area contributed by atoms with Gasteiger partial charge in [-0.25, -0.2) is 9.97 Å². The van der Waals surface area contributed by atoms with Crippen LogP contribution >= 0.6 is 0 Å². The van der Waals surface area contributed by atoms with Gasteiger partial charge in [0.05, 0.1) is 35.6 Å². The number of aromatic nitrogens is 3. The number of carboxylic acids is 1. The summed E-state index contributed by atoms with van der Waals surface area (Å²) in [4.78, 5) is 61.9. The Morgan fingerprint density at radius 1 is 1.18 bits per heavy atom. The Kier molecular flexibility index (Phi) is 10.4. The fourth-order valence-corrected chi connectivity index (χ4v) is 5.60. The number of ether oxygens (including phenoxy) is 1. The molecule has 1 aliphatic heterocycles. The summed E-state index contributed by atoms with van der Waals surface area (Å²) < 4.78 is 7.56. The molecule has 14 heteroatoms. The van der Waals surface area contributed by atoms with E-state index < -0.39 is 53.8 Å². The summed E-state index contributed by atoms with van der Waals surface area (Å²) >= 11 is 0. The lowest BCUT2D eigenvalue weighted by molar-refractivity contribution is -0.144. The van der Waals surface area contributed by atoms with Gasteiger partial charge in [-0.05, 0) is 45.6 Å². The van der Waals surface area contributed by atoms with Crippen molar-refractivity contribution in [2.24, 2.45) is 11.7 Å². The number of carboxylic acid groups (broad SMARTS) is 1. The smallest absolute Gasteiger partial charge is 0.305 e. The fourth-order valence-electron chi connectivity index (χ4n) is 5.60. The standard InChI is InChI=1S/C31H43N7O7/c1-6-45-15-22-34-25-26(38(22)16-31(4,5)44)18-10-7-8-11-20(18)33-27(25)36-29(42)24(17(2)3)35-28(41)21-12-9-13-37(21)30(43)19(32)14-23(39)40/h7-8,10-11,17,19,21,24,44H,6,9,12-16,32H2,1-5H3,(H,35,41)(H,39,40)(H,33,36,42)/t19-,21-,24?/m0/s1. The van der Waals surface area contributed by atoms with Crippen molar-refractivity contribution < 1.29 is 34.1 Å². The monoisotopic (exact) mass is 625 g/mol. The molecule has 1 fully saturated rings. The van der Waals surface area contributed by atoms with Gasteiger partial charge in [0.1, 0.15) is 30.0 Å². The van der Waals surface area contributed by atoms with Crippen LogP contribution in [0.3, 0.4) is 0 Å². The Labute approximate surface area is 261 Å². The van der Waals surface area contributed by atoms with Crippen molar-refractivity contribution in [3.8, 4) is 0 Å². The summed E-state index contributed by atoms with van der Waals surface area (Å²) in [6, 6.07) is 4.28. The number of benzene rings is 1. The van der Waals surface area contributed by atoms with Crippen molar-refractivity contribution in [2.45, 2.75) is 90.8 Å². The van der Waals surface area contributed by atoms with E-state index in [-0.39, 0.29) is 31.4 Å². The Balaban J connectivity index is 1.66. The predicted molar refractivity (Wildman–Crippen MR) is 167 cm³/mol. The molecule has 0 saturated carbocycles. The van der Waals surface area contributed by atoms with Crippen LogP contribution in [0, 0.1) is 5.92 Å². The summed E-state index contributed by atoms with van der Waals surface area (Å²) in [6.45, 7) is 9.95. The number of carbonyl (C=O) groups excluding carboxylic acids is 3. The summed E-state index contributed by atoms with van der Waals surface area (Å²) in [7, 11) is 0. The SMILES string of the molecule is CCOCc1nc2c(NC(=O)C(NC(=O)[C@@H]3CCCN3C(=O)[C@@H](N)CC(=O)O)C(C)C)nc3ccccc3c2n1CC(C)(C)O. The second-order valence-electron chi connectivity index (χ2n) is 12.4. The highest BCUT2D eigenvalue weighted by molar-refractivity contribution is 6.10. The van der Waals surface area contributed by atoms with Gasteiger partial charge in [0, 0.05) is 18.5 Å². The van der Waals surface area contributed by atoms with Gasteiger partial charge in [-0.1, -0.05) is 32.0 Å². The van der Waals surface area contributed by atoms with E-state index in [1.807, 2.05) is 35.8 Å².